The summed E-state index contributed by atoms with van der Waals surface area (Å²) in [6, 6.07) is 6.66. The quantitative estimate of drug-likeness (QED) is 0.581. The van der Waals surface area contributed by atoms with Gasteiger partial charge in [0.15, 0.2) is 8.68 Å². The van der Waals surface area contributed by atoms with Crippen LogP contribution in [-0.2, 0) is 0 Å². The Morgan fingerprint density at radius 1 is 1.33 bits per heavy atom. The first-order valence-electron chi connectivity index (χ1n) is 6.16. The molecule has 8 heteroatoms. The number of ether oxygens (including phenoxy) is 1. The molecule has 21 heavy (non-hydrogen) atoms. The average molecular weight is 342 g/mol. The predicted octanol–water partition coefficient (Wildman–Crippen LogP) is 3.52. The maximum absolute atomic E-state index is 11.0. The van der Waals surface area contributed by atoms with Gasteiger partial charge in [-0.3, -0.25) is 0 Å². The maximum Gasteiger partial charge on any atom is 0.339 e. The minimum atomic E-state index is -0.974. The fraction of sp³-hybridized carbons (Fsp3) is 0.308. The Balaban J connectivity index is 1.74. The highest BCUT2D eigenvalue weighted by molar-refractivity contribution is 8.02. The molecule has 0 spiro atoms. The van der Waals surface area contributed by atoms with Crippen molar-refractivity contribution < 1.29 is 14.6 Å². The van der Waals surface area contributed by atoms with Crippen LogP contribution in [0.5, 0.6) is 5.75 Å². The maximum atomic E-state index is 11.0. The standard InChI is InChI=1S/C13H14N2O3S3/c1-19-12-14-15-13(21-12)20-8-4-7-18-10-6-3-2-5-9(10)11(16)17/h2-3,5-6H,4,7-8H2,1H3,(H,16,17). The van der Waals surface area contributed by atoms with E-state index in [1.807, 2.05) is 6.26 Å². The zero-order valence-corrected chi connectivity index (χ0v) is 13.8. The van der Waals surface area contributed by atoms with Crippen molar-refractivity contribution in [1.82, 2.24) is 10.2 Å². The summed E-state index contributed by atoms with van der Waals surface area (Å²) < 4.78 is 7.44. The summed E-state index contributed by atoms with van der Waals surface area (Å²) in [7, 11) is 0. The lowest BCUT2D eigenvalue weighted by Gasteiger charge is -2.08. The van der Waals surface area contributed by atoms with Crippen molar-refractivity contribution in [1.29, 1.82) is 0 Å². The second-order valence-corrected chi connectivity index (χ2v) is 7.26. The minimum Gasteiger partial charge on any atom is -0.493 e. The fourth-order valence-electron chi connectivity index (χ4n) is 1.51. The molecule has 1 aromatic heterocycles. The minimum absolute atomic E-state index is 0.193. The van der Waals surface area contributed by atoms with Crippen molar-refractivity contribution in [3.8, 4) is 5.75 Å². The van der Waals surface area contributed by atoms with E-state index < -0.39 is 5.97 Å². The number of nitrogens with zero attached hydrogens (tertiary/aromatic N) is 2. The van der Waals surface area contributed by atoms with E-state index >= 15 is 0 Å². The lowest BCUT2D eigenvalue weighted by Crippen LogP contribution is -2.04. The molecular formula is C13H14N2O3S3. The number of benzene rings is 1. The monoisotopic (exact) mass is 342 g/mol. The van der Waals surface area contributed by atoms with Gasteiger partial charge in [0.1, 0.15) is 11.3 Å². The average Bonchev–Trinajstić information content (AvgIpc) is 2.95. The largest absolute Gasteiger partial charge is 0.493 e. The van der Waals surface area contributed by atoms with E-state index in [1.165, 1.54) is 6.07 Å². The van der Waals surface area contributed by atoms with Gasteiger partial charge in [0.25, 0.3) is 0 Å². The molecule has 1 aromatic carbocycles. The first kappa shape index (κ1) is 16.1. The molecule has 0 atom stereocenters. The van der Waals surface area contributed by atoms with Gasteiger partial charge < -0.3 is 9.84 Å². The van der Waals surface area contributed by atoms with E-state index in [4.69, 9.17) is 9.84 Å². The number of rotatable bonds is 8. The van der Waals surface area contributed by atoms with Crippen LogP contribution in [-0.4, -0.2) is 39.9 Å². The Hall–Kier alpha value is -1.25. The van der Waals surface area contributed by atoms with Crippen molar-refractivity contribution in [2.24, 2.45) is 0 Å². The molecule has 0 radical (unpaired) electrons. The first-order valence-corrected chi connectivity index (χ1v) is 9.19. The summed E-state index contributed by atoms with van der Waals surface area (Å²) in [5.41, 5.74) is 0.193. The number of aromatic nitrogens is 2. The van der Waals surface area contributed by atoms with Crippen LogP contribution in [0, 0.1) is 0 Å². The molecule has 1 heterocycles. The van der Waals surface area contributed by atoms with Gasteiger partial charge in [0, 0.05) is 5.75 Å². The van der Waals surface area contributed by atoms with Crippen molar-refractivity contribution in [3.05, 3.63) is 29.8 Å². The van der Waals surface area contributed by atoms with E-state index in [9.17, 15) is 4.79 Å². The Labute approximate surface area is 135 Å². The van der Waals surface area contributed by atoms with Crippen LogP contribution in [0.1, 0.15) is 16.8 Å². The zero-order valence-electron chi connectivity index (χ0n) is 11.3. The molecule has 112 valence electrons. The molecule has 0 amide bonds. The van der Waals surface area contributed by atoms with E-state index in [2.05, 4.69) is 10.2 Å². The van der Waals surface area contributed by atoms with Crippen LogP contribution in [0.15, 0.2) is 32.9 Å². The molecule has 0 fully saturated rings. The summed E-state index contributed by atoms with van der Waals surface area (Å²) in [5, 5.41) is 17.1. The highest BCUT2D eigenvalue weighted by Gasteiger charge is 2.09. The van der Waals surface area contributed by atoms with Crippen molar-refractivity contribution in [2.75, 3.05) is 18.6 Å². The highest BCUT2D eigenvalue weighted by atomic mass is 32.2. The summed E-state index contributed by atoms with van der Waals surface area (Å²) in [4.78, 5) is 11.0. The molecule has 0 aliphatic carbocycles. The molecule has 0 saturated carbocycles. The third kappa shape index (κ3) is 4.90. The van der Waals surface area contributed by atoms with Crippen LogP contribution in [0.4, 0.5) is 0 Å². The van der Waals surface area contributed by atoms with Gasteiger partial charge in [0.05, 0.1) is 6.61 Å². The van der Waals surface area contributed by atoms with Crippen molar-refractivity contribution in [2.45, 2.75) is 15.1 Å². The number of hydrogen-bond donors (Lipinski definition) is 1. The topological polar surface area (TPSA) is 72.3 Å². The summed E-state index contributed by atoms with van der Waals surface area (Å²) in [6.45, 7) is 0.478. The van der Waals surface area contributed by atoms with Crippen LogP contribution in [0.3, 0.4) is 0 Å². The second kappa shape index (κ2) is 8.26. The molecule has 2 rings (SSSR count). The van der Waals surface area contributed by atoms with Gasteiger partial charge in [-0.05, 0) is 24.8 Å². The normalized spacial score (nSPS) is 10.5. The molecule has 0 unspecified atom stereocenters. The molecule has 0 saturated heterocycles. The molecule has 2 aromatic rings. The van der Waals surface area contributed by atoms with Gasteiger partial charge >= 0.3 is 5.97 Å². The fourth-order valence-corrected chi connectivity index (χ4v) is 3.93. The van der Waals surface area contributed by atoms with Crippen molar-refractivity contribution in [3.63, 3.8) is 0 Å². The summed E-state index contributed by atoms with van der Waals surface area (Å²) >= 11 is 4.80. The van der Waals surface area contributed by atoms with Crippen LogP contribution >= 0.6 is 34.9 Å². The van der Waals surface area contributed by atoms with Gasteiger partial charge in [-0.2, -0.15) is 0 Å². The first-order chi connectivity index (χ1) is 10.2. The number of carboxylic acids is 1. The lowest BCUT2D eigenvalue weighted by atomic mass is 10.2. The number of para-hydroxylation sites is 1. The summed E-state index contributed by atoms with van der Waals surface area (Å²) in [5.74, 6) is 0.298. The van der Waals surface area contributed by atoms with Crippen molar-refractivity contribution >= 4 is 40.8 Å². The third-order valence-electron chi connectivity index (χ3n) is 2.45. The second-order valence-electron chi connectivity index (χ2n) is 3.89. The highest BCUT2D eigenvalue weighted by Crippen LogP contribution is 2.27. The van der Waals surface area contributed by atoms with Gasteiger partial charge in [0.2, 0.25) is 0 Å². The molecule has 5 nitrogen and oxygen atoms in total. The Morgan fingerprint density at radius 2 is 2.10 bits per heavy atom. The molecule has 1 N–H and O–H groups in total. The van der Waals surface area contributed by atoms with Crippen LogP contribution in [0.2, 0.25) is 0 Å². The zero-order chi connectivity index (χ0) is 15.1. The smallest absolute Gasteiger partial charge is 0.339 e. The molecule has 0 aliphatic rings. The third-order valence-corrected chi connectivity index (χ3v) is 5.57. The lowest BCUT2D eigenvalue weighted by molar-refractivity contribution is 0.0692. The predicted molar refractivity (Wildman–Crippen MR) is 85.9 cm³/mol. The number of hydrogen-bond acceptors (Lipinski definition) is 7. The molecule has 0 bridgehead atoms. The molecule has 0 aliphatic heterocycles. The van der Waals surface area contributed by atoms with E-state index in [0.29, 0.717) is 12.4 Å². The number of aromatic carboxylic acids is 1. The van der Waals surface area contributed by atoms with Gasteiger partial charge in [-0.15, -0.1) is 10.2 Å². The number of thioether (sulfide) groups is 2. The van der Waals surface area contributed by atoms with E-state index in [0.717, 1.165) is 20.9 Å². The van der Waals surface area contributed by atoms with Gasteiger partial charge in [-0.1, -0.05) is 47.0 Å². The van der Waals surface area contributed by atoms with Crippen LogP contribution < -0.4 is 4.74 Å². The van der Waals surface area contributed by atoms with Gasteiger partial charge in [-0.25, -0.2) is 4.79 Å². The van der Waals surface area contributed by atoms with E-state index in [-0.39, 0.29) is 5.56 Å². The van der Waals surface area contributed by atoms with Crippen LogP contribution in [0.25, 0.3) is 0 Å². The summed E-state index contributed by atoms with van der Waals surface area (Å²) in [6.07, 6.45) is 2.79. The SMILES string of the molecule is CSc1nnc(SCCCOc2ccccc2C(=O)O)s1. The number of carbonyl (C=O) groups is 1. The molecular weight excluding hydrogens is 328 g/mol. The Bertz CT molecular complexity index is 604. The Kier molecular flexibility index (Phi) is 6.34. The van der Waals surface area contributed by atoms with E-state index in [1.54, 1.807) is 53.1 Å². The Morgan fingerprint density at radius 3 is 2.81 bits per heavy atom. The number of carboxylic acid groups (broad SMARTS) is 1.